The number of benzene rings is 3. The van der Waals surface area contributed by atoms with E-state index in [1.165, 1.54) is 5.56 Å². The van der Waals surface area contributed by atoms with Crippen molar-refractivity contribution in [1.29, 1.82) is 0 Å². The van der Waals surface area contributed by atoms with E-state index in [2.05, 4.69) is 29.2 Å². The lowest BCUT2D eigenvalue weighted by Crippen LogP contribution is -2.48. The molecule has 3 N–H and O–H groups in total. The van der Waals surface area contributed by atoms with Crippen LogP contribution in [0.15, 0.2) is 72.8 Å². The number of methoxy groups -OCH3 is 3. The van der Waals surface area contributed by atoms with E-state index in [1.54, 1.807) is 38.4 Å². The molecule has 1 atom stereocenters. The van der Waals surface area contributed by atoms with Crippen molar-refractivity contribution in [2.45, 2.75) is 36.5 Å². The van der Waals surface area contributed by atoms with Crippen LogP contribution in [0.1, 0.15) is 47.2 Å². The van der Waals surface area contributed by atoms with E-state index in [-0.39, 0.29) is 17.4 Å². The van der Waals surface area contributed by atoms with Gasteiger partial charge >= 0.3 is 12.0 Å². The Morgan fingerprint density at radius 1 is 0.765 bits per heavy atom. The summed E-state index contributed by atoms with van der Waals surface area (Å²) in [5.74, 6) is 0.542. The highest BCUT2D eigenvalue weighted by Gasteiger charge is 2.45. The van der Waals surface area contributed by atoms with Crippen molar-refractivity contribution in [2.24, 2.45) is 5.73 Å². The Bertz CT molecular complexity index is 1600. The lowest BCUT2D eigenvalue weighted by Gasteiger charge is -2.40. The van der Waals surface area contributed by atoms with Gasteiger partial charge in [-0.15, -0.1) is 0 Å². The average Bonchev–Trinajstić information content (AvgIpc) is 3.63. The normalized spacial score (nSPS) is 20.1. The molecule has 1 unspecified atom stereocenters. The van der Waals surface area contributed by atoms with Crippen LogP contribution in [0, 0.1) is 0 Å². The summed E-state index contributed by atoms with van der Waals surface area (Å²) in [5, 5.41) is 10.2. The standard InChI is InChI=1S/C34H40N2O6.C5H10N2O2/c1-40-28-22-25(23-29(41-2)30(28)42-3)31(37)36-21-15-33(24-36,26-10-6-4-7-11-26)14-18-35-19-16-34(17-20-35,32(38)39)27-12-8-5-9-13-27;6-5(8)7-1-3-9-4-2-7/h4-13,22-23H,14-21,24H2,1-3H3,(H,38,39);1-4H2,(H2,6,8). The number of piperidine rings is 1. The summed E-state index contributed by atoms with van der Waals surface area (Å²) in [6.45, 7) is 6.02. The molecule has 0 bridgehead atoms. The van der Waals surface area contributed by atoms with Crippen LogP contribution in [-0.2, 0) is 20.4 Å². The summed E-state index contributed by atoms with van der Waals surface area (Å²) < 4.78 is 21.4. The minimum Gasteiger partial charge on any atom is -0.493 e. The highest BCUT2D eigenvalue weighted by Crippen LogP contribution is 2.42. The van der Waals surface area contributed by atoms with Crippen molar-refractivity contribution < 1.29 is 38.4 Å². The van der Waals surface area contributed by atoms with Gasteiger partial charge in [-0.2, -0.15) is 0 Å². The average molecular weight is 703 g/mol. The predicted molar refractivity (Wildman–Crippen MR) is 193 cm³/mol. The molecular weight excluding hydrogens is 652 g/mol. The van der Waals surface area contributed by atoms with Crippen molar-refractivity contribution in [3.8, 4) is 17.2 Å². The van der Waals surface area contributed by atoms with Crippen LogP contribution in [0.3, 0.4) is 0 Å². The number of ether oxygens (including phenoxy) is 4. The minimum atomic E-state index is -0.841. The molecule has 3 amide bonds. The first kappa shape index (κ1) is 37.4. The van der Waals surface area contributed by atoms with Gasteiger partial charge in [0.25, 0.3) is 5.91 Å². The maximum absolute atomic E-state index is 13.8. The van der Waals surface area contributed by atoms with Crippen LogP contribution >= 0.6 is 0 Å². The third kappa shape index (κ3) is 8.40. The smallest absolute Gasteiger partial charge is 0.314 e. The number of carboxylic acids is 1. The Morgan fingerprint density at radius 2 is 1.33 bits per heavy atom. The predicted octanol–water partition coefficient (Wildman–Crippen LogP) is 4.40. The fourth-order valence-electron chi connectivity index (χ4n) is 7.51. The Hall–Kier alpha value is -4.81. The Morgan fingerprint density at radius 3 is 1.82 bits per heavy atom. The van der Waals surface area contributed by atoms with Gasteiger partial charge in [0, 0.05) is 37.2 Å². The van der Waals surface area contributed by atoms with E-state index < -0.39 is 11.4 Å². The second-order valence-corrected chi connectivity index (χ2v) is 13.3. The van der Waals surface area contributed by atoms with E-state index in [0.29, 0.717) is 75.0 Å². The lowest BCUT2D eigenvalue weighted by molar-refractivity contribution is -0.146. The van der Waals surface area contributed by atoms with Crippen molar-refractivity contribution in [2.75, 3.05) is 80.4 Å². The summed E-state index contributed by atoms with van der Waals surface area (Å²) in [5.41, 5.74) is 6.57. The molecule has 3 aliphatic heterocycles. The molecule has 0 aliphatic carbocycles. The number of carbonyl (C=O) groups is 3. The van der Waals surface area contributed by atoms with Gasteiger partial charge in [0.1, 0.15) is 0 Å². The number of amides is 3. The number of rotatable bonds is 10. The van der Waals surface area contributed by atoms with Crippen LogP contribution in [0.5, 0.6) is 17.2 Å². The molecule has 0 spiro atoms. The molecule has 3 aliphatic rings. The number of nitrogens with zero attached hydrogens (tertiary/aromatic N) is 3. The Kier molecular flexibility index (Phi) is 12.4. The van der Waals surface area contributed by atoms with Crippen LogP contribution in [0.2, 0.25) is 0 Å². The third-order valence-electron chi connectivity index (χ3n) is 10.6. The fraction of sp³-hybridized carbons (Fsp3) is 0.462. The molecule has 3 saturated heterocycles. The summed E-state index contributed by atoms with van der Waals surface area (Å²) >= 11 is 0. The molecule has 274 valence electrons. The number of carboxylic acid groups (broad SMARTS) is 1. The molecule has 0 saturated carbocycles. The largest absolute Gasteiger partial charge is 0.493 e. The number of hydrogen-bond donors (Lipinski definition) is 2. The Balaban J connectivity index is 0.000000488. The zero-order chi connectivity index (χ0) is 36.4. The van der Waals surface area contributed by atoms with Crippen molar-refractivity contribution in [3.63, 3.8) is 0 Å². The number of nitrogens with two attached hydrogens (primary N) is 1. The van der Waals surface area contributed by atoms with Gasteiger partial charge in [-0.05, 0) is 68.6 Å². The molecule has 3 aromatic rings. The van der Waals surface area contributed by atoms with E-state index >= 15 is 0 Å². The zero-order valence-electron chi connectivity index (χ0n) is 29.8. The summed E-state index contributed by atoms with van der Waals surface area (Å²) in [7, 11) is 4.63. The van der Waals surface area contributed by atoms with Crippen LogP contribution < -0.4 is 19.9 Å². The maximum atomic E-state index is 13.8. The van der Waals surface area contributed by atoms with Gasteiger partial charge in [-0.3, -0.25) is 9.59 Å². The highest BCUT2D eigenvalue weighted by molar-refractivity contribution is 5.96. The van der Waals surface area contributed by atoms with Crippen LogP contribution in [0.25, 0.3) is 0 Å². The number of primary amides is 1. The van der Waals surface area contributed by atoms with Crippen molar-refractivity contribution >= 4 is 17.9 Å². The van der Waals surface area contributed by atoms with Crippen molar-refractivity contribution in [3.05, 3.63) is 89.5 Å². The summed E-state index contributed by atoms with van der Waals surface area (Å²) in [6.07, 6.45) is 2.89. The summed E-state index contributed by atoms with van der Waals surface area (Å²) in [6, 6.07) is 23.2. The number of likely N-dealkylation sites (tertiary alicyclic amines) is 2. The molecule has 3 aromatic carbocycles. The zero-order valence-corrected chi connectivity index (χ0v) is 29.8. The quantitative estimate of drug-likeness (QED) is 0.314. The number of carbonyl (C=O) groups excluding carboxylic acids is 2. The second kappa shape index (κ2) is 16.9. The van der Waals surface area contributed by atoms with Gasteiger partial charge in [0.15, 0.2) is 11.5 Å². The highest BCUT2D eigenvalue weighted by atomic mass is 16.5. The molecule has 6 rings (SSSR count). The maximum Gasteiger partial charge on any atom is 0.314 e. The van der Waals surface area contributed by atoms with E-state index in [4.69, 9.17) is 24.7 Å². The first-order chi connectivity index (χ1) is 24.7. The van der Waals surface area contributed by atoms with Gasteiger partial charge in [-0.1, -0.05) is 60.7 Å². The van der Waals surface area contributed by atoms with Crippen molar-refractivity contribution in [1.82, 2.24) is 14.7 Å². The first-order valence-corrected chi connectivity index (χ1v) is 17.4. The van der Waals surface area contributed by atoms with Gasteiger partial charge < -0.3 is 44.5 Å². The molecule has 12 nitrogen and oxygen atoms in total. The second-order valence-electron chi connectivity index (χ2n) is 13.3. The molecule has 12 heteroatoms. The van der Waals surface area contributed by atoms with E-state index in [0.717, 1.165) is 38.0 Å². The van der Waals surface area contributed by atoms with Gasteiger partial charge in [0.05, 0.1) is 40.0 Å². The minimum absolute atomic E-state index is 0.0702. The Labute approximate surface area is 300 Å². The summed E-state index contributed by atoms with van der Waals surface area (Å²) in [4.78, 5) is 42.6. The number of aliphatic carboxylic acids is 1. The van der Waals surface area contributed by atoms with Crippen LogP contribution in [-0.4, -0.2) is 118 Å². The molecule has 0 aromatic heterocycles. The van der Waals surface area contributed by atoms with E-state index in [9.17, 15) is 19.5 Å². The van der Waals surface area contributed by atoms with Gasteiger partial charge in [0.2, 0.25) is 5.75 Å². The topological polar surface area (TPSA) is 144 Å². The molecule has 3 fully saturated rings. The molecular formula is C39H50N4O8. The number of urea groups is 1. The molecule has 3 heterocycles. The van der Waals surface area contributed by atoms with Crippen LogP contribution in [0.4, 0.5) is 4.79 Å². The molecule has 0 radical (unpaired) electrons. The SMILES string of the molecule is COc1cc(C(=O)N2CCC(CCN3CCC(C(=O)O)(c4ccccc4)CC3)(c3ccccc3)C2)cc(OC)c1OC.NC(=O)N1CCOCC1. The number of morpholine rings is 1. The van der Waals surface area contributed by atoms with E-state index in [1.807, 2.05) is 41.3 Å². The molecule has 51 heavy (non-hydrogen) atoms. The lowest BCUT2D eigenvalue weighted by atomic mass is 9.72. The first-order valence-electron chi connectivity index (χ1n) is 17.4. The third-order valence-corrected chi connectivity index (χ3v) is 10.6. The number of hydrogen-bond acceptors (Lipinski definition) is 8. The fourth-order valence-corrected chi connectivity index (χ4v) is 7.51. The monoisotopic (exact) mass is 702 g/mol. The van der Waals surface area contributed by atoms with Gasteiger partial charge in [-0.25, -0.2) is 4.79 Å².